The highest BCUT2D eigenvalue weighted by atomic mass is 79.9. The summed E-state index contributed by atoms with van der Waals surface area (Å²) < 4.78 is 13.2. The van der Waals surface area contributed by atoms with Gasteiger partial charge in [0.25, 0.3) is 0 Å². The van der Waals surface area contributed by atoms with E-state index in [2.05, 4.69) is 24.8 Å². The van der Waals surface area contributed by atoms with Crippen LogP contribution in [0.1, 0.15) is 0 Å². The molecular weight excluding hydrogens is 220 g/mol. The van der Waals surface area contributed by atoms with Crippen LogP contribution in [0.4, 0.5) is 4.79 Å². The van der Waals surface area contributed by atoms with Gasteiger partial charge in [0.15, 0.2) is 16.3 Å². The quantitative estimate of drug-likeness (QED) is 0.547. The summed E-state index contributed by atoms with van der Waals surface area (Å²) in [5.41, 5.74) is 0. The predicted molar refractivity (Wildman–Crippen MR) is 39.3 cm³/mol. The maximum absolute atomic E-state index is 10.2. The maximum atomic E-state index is 10.2. The minimum atomic E-state index is -0.808. The number of hydrogen-bond donors (Lipinski definition) is 1. The molecule has 0 amide bonds. The van der Waals surface area contributed by atoms with Gasteiger partial charge in [-0.3, -0.25) is 0 Å². The van der Waals surface area contributed by atoms with E-state index in [1.807, 2.05) is 0 Å². The van der Waals surface area contributed by atoms with Crippen molar-refractivity contribution in [2.45, 2.75) is 0 Å². The van der Waals surface area contributed by atoms with Gasteiger partial charge in [0.1, 0.15) is 6.61 Å². The molecule has 0 rings (SSSR count). The Morgan fingerprint density at radius 1 is 1.36 bits per heavy atom. The van der Waals surface area contributed by atoms with Crippen LogP contribution in [-0.4, -0.2) is 37.7 Å². The first-order chi connectivity index (χ1) is 5.31. The first-order valence-corrected chi connectivity index (χ1v) is 3.60. The Balaban J connectivity index is 2.95. The normalized spacial score (nSPS) is 9.27. The van der Waals surface area contributed by atoms with Gasteiger partial charge in [0, 0.05) is 0 Å². The molecule has 6 heteroatoms. The highest BCUT2D eigenvalue weighted by molar-refractivity contribution is 9.06. The number of aliphatic hydroxyl groups is 1. The first-order valence-electron chi connectivity index (χ1n) is 2.95. The van der Waals surface area contributed by atoms with Crippen LogP contribution >= 0.6 is 16.3 Å². The van der Waals surface area contributed by atoms with Gasteiger partial charge in [-0.15, -0.1) is 0 Å². The third-order valence-corrected chi connectivity index (χ3v) is 1.01. The Bertz CT molecular complexity index is 107. The Labute approximate surface area is 72.7 Å². The minimum Gasteiger partial charge on any atom is -0.431 e. The zero-order valence-electron chi connectivity index (χ0n) is 5.79. The van der Waals surface area contributed by atoms with Crippen molar-refractivity contribution < 1.29 is 23.2 Å². The van der Waals surface area contributed by atoms with Crippen molar-refractivity contribution in [1.29, 1.82) is 0 Å². The molecule has 0 bridgehead atoms. The van der Waals surface area contributed by atoms with Gasteiger partial charge in [0.2, 0.25) is 0 Å². The van der Waals surface area contributed by atoms with E-state index in [0.29, 0.717) is 0 Å². The van der Waals surface area contributed by atoms with Crippen molar-refractivity contribution in [1.82, 2.24) is 0 Å². The van der Waals surface area contributed by atoms with Crippen LogP contribution in [0.25, 0.3) is 0 Å². The van der Waals surface area contributed by atoms with E-state index < -0.39 is 6.16 Å². The van der Waals surface area contributed by atoms with E-state index in [4.69, 9.17) is 9.84 Å². The second-order valence-electron chi connectivity index (χ2n) is 1.51. The summed E-state index contributed by atoms with van der Waals surface area (Å²) in [6.45, 7) is 0.572. The number of ether oxygens (including phenoxy) is 2. The zero-order chi connectivity index (χ0) is 8.53. The number of aliphatic hydroxyl groups excluding tert-OH is 1. The molecule has 0 aromatic rings. The van der Waals surface area contributed by atoms with Gasteiger partial charge in [-0.05, 0) is 0 Å². The largest absolute Gasteiger partial charge is 0.520 e. The Morgan fingerprint density at radius 2 is 2.09 bits per heavy atom. The van der Waals surface area contributed by atoms with Gasteiger partial charge in [-0.25, -0.2) is 4.79 Å². The van der Waals surface area contributed by atoms with Crippen molar-refractivity contribution in [2.75, 3.05) is 26.4 Å². The monoisotopic (exact) mass is 228 g/mol. The lowest BCUT2D eigenvalue weighted by Gasteiger charge is -2.01. The lowest BCUT2D eigenvalue weighted by molar-refractivity contribution is 0.0428. The van der Waals surface area contributed by atoms with Gasteiger partial charge >= 0.3 is 6.16 Å². The molecule has 11 heavy (non-hydrogen) atoms. The molecule has 0 heterocycles. The number of carbonyl (C=O) groups is 1. The molecule has 0 aromatic heterocycles. The molecular formula is C5H9BrO5. The van der Waals surface area contributed by atoms with Crippen molar-refractivity contribution in [2.24, 2.45) is 0 Å². The van der Waals surface area contributed by atoms with Crippen LogP contribution in [0.15, 0.2) is 0 Å². The number of carbonyl (C=O) groups excluding carboxylic acids is 1. The summed E-state index contributed by atoms with van der Waals surface area (Å²) in [5.74, 6) is 0. The molecule has 0 aliphatic heterocycles. The van der Waals surface area contributed by atoms with E-state index in [1.54, 1.807) is 0 Å². The molecule has 0 aliphatic carbocycles. The summed E-state index contributed by atoms with van der Waals surface area (Å²) in [4.78, 5) is 10.2. The van der Waals surface area contributed by atoms with Crippen molar-refractivity contribution in [3.63, 3.8) is 0 Å². The Hall–Kier alpha value is -0.330. The van der Waals surface area contributed by atoms with E-state index >= 15 is 0 Å². The molecule has 0 saturated heterocycles. The highest BCUT2D eigenvalue weighted by Crippen LogP contribution is 1.90. The van der Waals surface area contributed by atoms with Gasteiger partial charge in [-0.1, -0.05) is 0 Å². The average Bonchev–Trinajstić information content (AvgIpc) is 2.04. The van der Waals surface area contributed by atoms with Crippen LogP contribution in [0, 0.1) is 0 Å². The van der Waals surface area contributed by atoms with Crippen molar-refractivity contribution in [3.05, 3.63) is 0 Å². The highest BCUT2D eigenvalue weighted by Gasteiger charge is 1.99. The minimum absolute atomic E-state index is 0.0388. The summed E-state index contributed by atoms with van der Waals surface area (Å²) >= 11 is 2.44. The molecule has 0 spiro atoms. The summed E-state index contributed by atoms with van der Waals surface area (Å²) in [7, 11) is 0. The molecule has 0 radical (unpaired) electrons. The molecule has 0 fully saturated rings. The fourth-order valence-electron chi connectivity index (χ4n) is 0.373. The molecule has 1 N–H and O–H groups in total. The average molecular weight is 229 g/mol. The third-order valence-electron chi connectivity index (χ3n) is 0.746. The van der Waals surface area contributed by atoms with E-state index in [0.717, 1.165) is 0 Å². The molecule has 0 saturated carbocycles. The Morgan fingerprint density at radius 3 is 2.64 bits per heavy atom. The molecule has 5 nitrogen and oxygen atoms in total. The maximum Gasteiger partial charge on any atom is 0.520 e. The molecule has 0 aromatic carbocycles. The zero-order valence-corrected chi connectivity index (χ0v) is 7.37. The van der Waals surface area contributed by atoms with Crippen LogP contribution in [-0.2, 0) is 13.3 Å². The second-order valence-corrected chi connectivity index (χ2v) is 1.84. The van der Waals surface area contributed by atoms with Crippen LogP contribution in [0.3, 0.4) is 0 Å². The van der Waals surface area contributed by atoms with Crippen LogP contribution < -0.4 is 0 Å². The third kappa shape index (κ3) is 7.57. The first kappa shape index (κ1) is 10.7. The van der Waals surface area contributed by atoms with Crippen molar-refractivity contribution in [3.8, 4) is 0 Å². The van der Waals surface area contributed by atoms with E-state index in [1.165, 1.54) is 0 Å². The Kier molecular flexibility index (Phi) is 7.54. The summed E-state index contributed by atoms with van der Waals surface area (Å²) in [5, 5.41) is 8.26. The summed E-state index contributed by atoms with van der Waals surface area (Å²) in [6, 6.07) is 0. The summed E-state index contributed by atoms with van der Waals surface area (Å²) in [6.07, 6.45) is -0.808. The van der Waals surface area contributed by atoms with Gasteiger partial charge < -0.3 is 18.4 Å². The topological polar surface area (TPSA) is 65.0 Å². The molecule has 0 atom stereocenters. The van der Waals surface area contributed by atoms with Gasteiger partial charge in [-0.2, -0.15) is 0 Å². The van der Waals surface area contributed by atoms with E-state index in [9.17, 15) is 4.79 Å². The molecule has 0 aliphatic rings. The SMILES string of the molecule is O=C(OBr)OCCOCCO. The number of halogens is 1. The van der Waals surface area contributed by atoms with Crippen LogP contribution in [0.2, 0.25) is 0 Å². The van der Waals surface area contributed by atoms with Crippen molar-refractivity contribution >= 4 is 22.4 Å². The van der Waals surface area contributed by atoms with E-state index in [-0.39, 0.29) is 26.4 Å². The lowest BCUT2D eigenvalue weighted by Crippen LogP contribution is -2.10. The number of rotatable bonds is 5. The lowest BCUT2D eigenvalue weighted by atomic mass is 10.7. The van der Waals surface area contributed by atoms with Crippen LogP contribution in [0.5, 0.6) is 0 Å². The number of hydrogen-bond acceptors (Lipinski definition) is 5. The van der Waals surface area contributed by atoms with Gasteiger partial charge in [0.05, 0.1) is 19.8 Å². The second kappa shape index (κ2) is 7.77. The molecule has 0 unspecified atom stereocenters. The fourth-order valence-corrected chi connectivity index (χ4v) is 0.466. The smallest absolute Gasteiger partial charge is 0.431 e. The molecule has 66 valence electrons. The predicted octanol–water partition coefficient (Wildman–Crippen LogP) is 0.458. The standard InChI is InChI=1S/C5H9BrO5/c6-11-5(8)10-4-3-9-2-1-7/h7H,1-4H2. The fraction of sp³-hybridized carbons (Fsp3) is 0.800.